The molecule has 0 spiro atoms. The molecule has 0 aliphatic rings. The Hall–Kier alpha value is -8.64. The van der Waals surface area contributed by atoms with E-state index in [1.165, 1.54) is 65.2 Å². The zero-order chi connectivity index (χ0) is 52.5. The van der Waals surface area contributed by atoms with Gasteiger partial charge in [-0.1, -0.05) is 97.1 Å². The van der Waals surface area contributed by atoms with Crippen LogP contribution in [0.3, 0.4) is 0 Å². The van der Waals surface area contributed by atoms with Gasteiger partial charge in [-0.25, -0.2) is 0 Å². The SMILES string of the molecule is Oc1cc(CCc2ccc(CC[C@@H](Cc3ccc(CCc4cc(O)c(O)c(O)c4)cc3)[C@H](Cc3ccc(CCc4cc(O)c(O)c(O)c4)cc3)c3ccc(CCc4cc(O)c(O)c(O)c4)cc3)cc2)cc(O)c1O. The van der Waals surface area contributed by atoms with Crippen LogP contribution in [-0.4, -0.2) is 61.3 Å². The highest BCUT2D eigenvalue weighted by Crippen LogP contribution is 2.40. The van der Waals surface area contributed by atoms with Crippen LogP contribution in [0.5, 0.6) is 69.0 Å². The molecule has 0 radical (unpaired) electrons. The van der Waals surface area contributed by atoms with Gasteiger partial charge in [0.1, 0.15) is 0 Å². The number of rotatable bonds is 21. The minimum absolute atomic E-state index is 0.0655. The molecule has 0 saturated carbocycles. The van der Waals surface area contributed by atoms with Crippen LogP contribution >= 0.6 is 0 Å². The molecule has 0 saturated heterocycles. The number of benzene rings is 8. The average molecular weight is 999 g/mol. The fourth-order valence-corrected chi connectivity index (χ4v) is 9.77. The summed E-state index contributed by atoms with van der Waals surface area (Å²) >= 11 is 0. The Kier molecular flexibility index (Phi) is 16.3. The number of hydrogen-bond donors (Lipinski definition) is 12. The van der Waals surface area contributed by atoms with Gasteiger partial charge in [-0.05, 0) is 204 Å². The highest BCUT2D eigenvalue weighted by Gasteiger charge is 2.25. The van der Waals surface area contributed by atoms with Gasteiger partial charge < -0.3 is 61.3 Å². The van der Waals surface area contributed by atoms with Crippen LogP contribution in [0.1, 0.15) is 79.1 Å². The van der Waals surface area contributed by atoms with Crippen molar-refractivity contribution in [1.29, 1.82) is 0 Å². The number of aromatic hydroxyl groups is 12. The van der Waals surface area contributed by atoms with Gasteiger partial charge in [-0.3, -0.25) is 0 Å². The molecule has 382 valence electrons. The van der Waals surface area contributed by atoms with Crippen molar-refractivity contribution < 1.29 is 61.3 Å². The maximum absolute atomic E-state index is 10.1. The van der Waals surface area contributed by atoms with Crippen molar-refractivity contribution in [2.24, 2.45) is 5.92 Å². The van der Waals surface area contributed by atoms with Crippen LogP contribution in [0.2, 0.25) is 0 Å². The molecule has 0 heterocycles. The molecule has 2 atom stereocenters. The second kappa shape index (κ2) is 23.3. The van der Waals surface area contributed by atoms with E-state index in [2.05, 4.69) is 97.1 Å². The van der Waals surface area contributed by atoms with E-state index in [0.717, 1.165) is 53.5 Å². The predicted octanol–water partition coefficient (Wildman–Crippen LogP) is 11.1. The minimum atomic E-state index is -0.542. The highest BCUT2D eigenvalue weighted by atomic mass is 16.3. The molecule has 0 bridgehead atoms. The monoisotopic (exact) mass is 998 g/mol. The molecule has 0 fully saturated rings. The van der Waals surface area contributed by atoms with Gasteiger partial charge in [0.2, 0.25) is 0 Å². The van der Waals surface area contributed by atoms with Gasteiger partial charge in [-0.15, -0.1) is 0 Å². The third kappa shape index (κ3) is 13.3. The summed E-state index contributed by atoms with van der Waals surface area (Å²) in [6.45, 7) is 0. The molecular weight excluding hydrogens is 937 g/mol. The van der Waals surface area contributed by atoms with Crippen molar-refractivity contribution in [2.45, 2.75) is 83.0 Å². The lowest BCUT2D eigenvalue weighted by molar-refractivity contribution is 0.367. The van der Waals surface area contributed by atoms with Crippen LogP contribution in [0.15, 0.2) is 146 Å². The summed E-state index contributed by atoms with van der Waals surface area (Å²) in [6.07, 6.45) is 7.97. The van der Waals surface area contributed by atoms with E-state index in [1.54, 1.807) is 0 Å². The molecule has 0 aliphatic heterocycles. The van der Waals surface area contributed by atoms with Crippen LogP contribution < -0.4 is 0 Å². The molecule has 0 aliphatic carbocycles. The van der Waals surface area contributed by atoms with Gasteiger partial charge in [-0.2, -0.15) is 0 Å². The highest BCUT2D eigenvalue weighted by molar-refractivity contribution is 5.54. The summed E-state index contributed by atoms with van der Waals surface area (Å²) in [7, 11) is 0. The van der Waals surface area contributed by atoms with Gasteiger partial charge in [0.05, 0.1) is 0 Å². The second-order valence-corrected chi connectivity index (χ2v) is 19.4. The van der Waals surface area contributed by atoms with Crippen molar-refractivity contribution in [3.63, 3.8) is 0 Å². The smallest absolute Gasteiger partial charge is 0.200 e. The van der Waals surface area contributed by atoms with Crippen LogP contribution in [0.4, 0.5) is 0 Å². The van der Waals surface area contributed by atoms with Gasteiger partial charge in [0, 0.05) is 0 Å². The standard InChI is InChI=1S/C62H62O12/c63-51-29-44(30-52(64)59(51)71)17-9-37-1-3-40(4-2-37)23-26-49(27-42-13-5-38(6-14-42)10-18-45-31-53(65)60(72)54(66)32-45)50(48-24-21-41(22-25-48)12-20-47-35-57(69)62(74)58(70)36-47)28-43-15-7-39(8-16-43)11-19-46-33-55(67)61(73)56(68)34-46/h1-8,13-16,21-22,24-25,29-36,49-50,63-74H,9-12,17-20,23,26-28H2/t49-,50+/m0/s1. The van der Waals surface area contributed by atoms with E-state index in [4.69, 9.17) is 0 Å². The Bertz CT molecular complexity index is 3090. The zero-order valence-corrected chi connectivity index (χ0v) is 40.9. The normalized spacial score (nSPS) is 12.2. The molecular formula is C62H62O12. The van der Waals surface area contributed by atoms with Gasteiger partial charge in [0.25, 0.3) is 0 Å². The molecule has 0 unspecified atom stereocenters. The molecule has 74 heavy (non-hydrogen) atoms. The van der Waals surface area contributed by atoms with E-state index >= 15 is 0 Å². The summed E-state index contributed by atoms with van der Waals surface area (Å²) in [5, 5.41) is 120. The maximum Gasteiger partial charge on any atom is 0.200 e. The topological polar surface area (TPSA) is 243 Å². The third-order valence-electron chi connectivity index (χ3n) is 14.1. The predicted molar refractivity (Wildman–Crippen MR) is 283 cm³/mol. The van der Waals surface area contributed by atoms with E-state index in [1.807, 2.05) is 0 Å². The quantitative estimate of drug-likeness (QED) is 0.0301. The Labute approximate surface area is 429 Å². The minimum Gasteiger partial charge on any atom is -0.504 e. The Morgan fingerprint density at radius 3 is 0.730 bits per heavy atom. The summed E-state index contributed by atoms with van der Waals surface area (Å²) in [5.74, 6) is -4.84. The Balaban J connectivity index is 1.05. The summed E-state index contributed by atoms with van der Waals surface area (Å²) < 4.78 is 0. The molecule has 8 rings (SSSR count). The van der Waals surface area contributed by atoms with Crippen LogP contribution in [0.25, 0.3) is 0 Å². The molecule has 12 heteroatoms. The van der Waals surface area contributed by atoms with Crippen LogP contribution in [-0.2, 0) is 70.6 Å². The number of phenolic OH excluding ortho intramolecular Hbond substituents is 12. The lowest BCUT2D eigenvalue weighted by Gasteiger charge is -2.29. The maximum atomic E-state index is 10.1. The van der Waals surface area contributed by atoms with E-state index in [0.29, 0.717) is 73.6 Å². The van der Waals surface area contributed by atoms with Gasteiger partial charge >= 0.3 is 0 Å². The molecule has 8 aromatic carbocycles. The summed E-state index contributed by atoms with van der Waals surface area (Å²) in [5.41, 5.74) is 11.8. The van der Waals surface area contributed by atoms with E-state index in [-0.39, 0.29) is 57.8 Å². The van der Waals surface area contributed by atoms with Crippen LogP contribution in [0, 0.1) is 5.92 Å². The van der Waals surface area contributed by atoms with Crippen molar-refractivity contribution in [3.8, 4) is 69.0 Å². The molecule has 0 aromatic heterocycles. The van der Waals surface area contributed by atoms with Crippen molar-refractivity contribution in [1.82, 2.24) is 0 Å². The molecule has 0 amide bonds. The van der Waals surface area contributed by atoms with Gasteiger partial charge in [0.15, 0.2) is 69.0 Å². The number of aryl methyl sites for hydroxylation is 9. The average Bonchev–Trinajstić information content (AvgIpc) is 3.39. The Morgan fingerprint density at radius 1 is 0.230 bits per heavy atom. The second-order valence-electron chi connectivity index (χ2n) is 19.4. The molecule has 12 N–H and O–H groups in total. The fraction of sp³-hybridized carbons (Fsp3) is 0.226. The first-order valence-electron chi connectivity index (χ1n) is 24.8. The fourth-order valence-electron chi connectivity index (χ4n) is 9.77. The first kappa shape index (κ1) is 51.7. The molecule has 12 nitrogen and oxygen atoms in total. The third-order valence-corrected chi connectivity index (χ3v) is 14.1. The lowest BCUT2D eigenvalue weighted by Crippen LogP contribution is -2.19. The summed E-state index contributed by atoms with van der Waals surface area (Å²) in [6, 6.07) is 45.9. The van der Waals surface area contributed by atoms with Crippen molar-refractivity contribution in [3.05, 3.63) is 212 Å². The Morgan fingerprint density at radius 2 is 0.446 bits per heavy atom. The lowest BCUT2D eigenvalue weighted by atomic mass is 9.75. The van der Waals surface area contributed by atoms with E-state index < -0.39 is 23.0 Å². The number of hydrogen-bond acceptors (Lipinski definition) is 12. The first-order valence-corrected chi connectivity index (χ1v) is 24.8. The largest absolute Gasteiger partial charge is 0.504 e. The van der Waals surface area contributed by atoms with E-state index in [9.17, 15) is 61.3 Å². The summed E-state index contributed by atoms with van der Waals surface area (Å²) in [4.78, 5) is 0. The number of phenols is 12. The van der Waals surface area contributed by atoms with Crippen molar-refractivity contribution >= 4 is 0 Å². The zero-order valence-electron chi connectivity index (χ0n) is 40.9. The first-order chi connectivity index (χ1) is 35.5. The molecule has 8 aromatic rings. The van der Waals surface area contributed by atoms with Crippen molar-refractivity contribution in [2.75, 3.05) is 0 Å².